The molecule has 2 rings (SSSR count). The van der Waals surface area contributed by atoms with E-state index in [9.17, 15) is 8.78 Å². The zero-order chi connectivity index (χ0) is 12.4. The summed E-state index contributed by atoms with van der Waals surface area (Å²) >= 11 is 5.94. The van der Waals surface area contributed by atoms with Crippen molar-refractivity contribution in [3.8, 4) is 11.1 Å². The number of halogens is 3. The molecule has 0 spiro atoms. The van der Waals surface area contributed by atoms with Crippen LogP contribution in [0, 0.1) is 11.6 Å². The Bertz CT molecular complexity index is 555. The Morgan fingerprint density at radius 3 is 2.53 bits per heavy atom. The Hall–Kier alpha value is -1.45. The lowest BCUT2D eigenvalue weighted by Gasteiger charge is -2.07. The molecule has 0 heterocycles. The maximum atomic E-state index is 13.2. The topological polar surface area (TPSA) is 20.2 Å². The van der Waals surface area contributed by atoms with E-state index in [-0.39, 0.29) is 5.56 Å². The standard InChI is InChI=1S/C13H9ClF2O/c14-12-3-2-10(15)6-11(12)8-1-4-13(16)9(5-8)7-17/h1-6,17H,7H2. The van der Waals surface area contributed by atoms with Gasteiger partial charge < -0.3 is 5.11 Å². The zero-order valence-corrected chi connectivity index (χ0v) is 9.51. The minimum Gasteiger partial charge on any atom is -0.392 e. The minimum absolute atomic E-state index is 0.155. The number of aliphatic hydroxyl groups excluding tert-OH is 1. The van der Waals surface area contributed by atoms with Crippen molar-refractivity contribution in [2.75, 3.05) is 0 Å². The molecule has 0 aliphatic carbocycles. The SMILES string of the molecule is OCc1cc(-c2cc(F)ccc2Cl)ccc1F. The summed E-state index contributed by atoms with van der Waals surface area (Å²) in [7, 11) is 0. The molecule has 0 radical (unpaired) electrons. The molecule has 0 fully saturated rings. The van der Waals surface area contributed by atoms with Crippen LogP contribution in [0.15, 0.2) is 36.4 Å². The highest BCUT2D eigenvalue weighted by Crippen LogP contribution is 2.29. The molecule has 1 nitrogen and oxygen atoms in total. The molecule has 2 aromatic rings. The summed E-state index contributed by atoms with van der Waals surface area (Å²) in [5.41, 5.74) is 1.20. The molecule has 0 amide bonds. The van der Waals surface area contributed by atoms with Crippen LogP contribution in [0.1, 0.15) is 5.56 Å². The third kappa shape index (κ3) is 2.46. The average molecular weight is 255 g/mol. The second-order valence-corrected chi connectivity index (χ2v) is 4.00. The van der Waals surface area contributed by atoms with Crippen molar-refractivity contribution in [1.29, 1.82) is 0 Å². The first kappa shape index (κ1) is 12.0. The largest absolute Gasteiger partial charge is 0.392 e. The van der Waals surface area contributed by atoms with E-state index in [1.165, 1.54) is 36.4 Å². The fourth-order valence-corrected chi connectivity index (χ4v) is 1.81. The predicted octanol–water partition coefficient (Wildman–Crippen LogP) is 3.78. The Morgan fingerprint density at radius 1 is 1.06 bits per heavy atom. The van der Waals surface area contributed by atoms with Gasteiger partial charge >= 0.3 is 0 Å². The first-order valence-corrected chi connectivity index (χ1v) is 5.34. The highest BCUT2D eigenvalue weighted by atomic mass is 35.5. The van der Waals surface area contributed by atoms with Crippen molar-refractivity contribution in [1.82, 2.24) is 0 Å². The first-order valence-electron chi connectivity index (χ1n) is 4.96. The summed E-state index contributed by atoms with van der Waals surface area (Å²) < 4.78 is 26.3. The maximum absolute atomic E-state index is 13.2. The van der Waals surface area contributed by atoms with Crippen LogP contribution in [0.3, 0.4) is 0 Å². The van der Waals surface area contributed by atoms with Gasteiger partial charge in [0.2, 0.25) is 0 Å². The van der Waals surface area contributed by atoms with E-state index in [1.807, 2.05) is 0 Å². The van der Waals surface area contributed by atoms with Gasteiger partial charge in [-0.25, -0.2) is 8.78 Å². The van der Waals surface area contributed by atoms with Crippen molar-refractivity contribution >= 4 is 11.6 Å². The highest BCUT2D eigenvalue weighted by Gasteiger charge is 2.08. The summed E-state index contributed by atoms with van der Waals surface area (Å²) in [5, 5.41) is 9.34. The summed E-state index contributed by atoms with van der Waals surface area (Å²) in [5.74, 6) is -0.914. The van der Waals surface area contributed by atoms with Gasteiger partial charge in [-0.3, -0.25) is 0 Å². The second kappa shape index (κ2) is 4.82. The van der Waals surface area contributed by atoms with E-state index < -0.39 is 18.2 Å². The predicted molar refractivity (Wildman–Crippen MR) is 62.7 cm³/mol. The lowest BCUT2D eigenvalue weighted by molar-refractivity contribution is 0.276. The van der Waals surface area contributed by atoms with Gasteiger partial charge in [0.25, 0.3) is 0 Å². The smallest absolute Gasteiger partial charge is 0.128 e. The maximum Gasteiger partial charge on any atom is 0.128 e. The summed E-state index contributed by atoms with van der Waals surface area (Å²) in [6, 6.07) is 8.14. The molecule has 17 heavy (non-hydrogen) atoms. The van der Waals surface area contributed by atoms with Crippen molar-refractivity contribution in [3.63, 3.8) is 0 Å². The van der Waals surface area contributed by atoms with Gasteiger partial charge in [0, 0.05) is 16.1 Å². The molecule has 0 aliphatic heterocycles. The van der Waals surface area contributed by atoms with Crippen LogP contribution in [-0.2, 0) is 6.61 Å². The third-order valence-corrected chi connectivity index (χ3v) is 2.79. The Kier molecular flexibility index (Phi) is 3.41. The number of hydrogen-bond donors (Lipinski definition) is 1. The van der Waals surface area contributed by atoms with Crippen molar-refractivity contribution in [2.24, 2.45) is 0 Å². The van der Waals surface area contributed by atoms with E-state index >= 15 is 0 Å². The van der Waals surface area contributed by atoms with Gasteiger partial charge in [-0.05, 0) is 35.9 Å². The van der Waals surface area contributed by atoms with Crippen molar-refractivity contribution < 1.29 is 13.9 Å². The molecule has 1 N–H and O–H groups in total. The van der Waals surface area contributed by atoms with Gasteiger partial charge in [0.1, 0.15) is 11.6 Å². The van der Waals surface area contributed by atoms with Gasteiger partial charge in [-0.1, -0.05) is 17.7 Å². The molecule has 0 saturated heterocycles. The van der Waals surface area contributed by atoms with Gasteiger partial charge in [-0.15, -0.1) is 0 Å². The van der Waals surface area contributed by atoms with E-state index in [1.54, 1.807) is 0 Å². The Balaban J connectivity index is 2.56. The van der Waals surface area contributed by atoms with Crippen LogP contribution in [0.5, 0.6) is 0 Å². The van der Waals surface area contributed by atoms with E-state index in [4.69, 9.17) is 16.7 Å². The second-order valence-electron chi connectivity index (χ2n) is 3.59. The normalized spacial score (nSPS) is 10.6. The Morgan fingerprint density at radius 2 is 1.82 bits per heavy atom. The fraction of sp³-hybridized carbons (Fsp3) is 0.0769. The molecular formula is C13H9ClF2O. The molecule has 88 valence electrons. The molecule has 0 bridgehead atoms. The molecule has 0 aliphatic rings. The number of benzene rings is 2. The van der Waals surface area contributed by atoms with Crippen LogP contribution in [0.25, 0.3) is 11.1 Å². The number of rotatable bonds is 2. The molecular weight excluding hydrogens is 246 g/mol. The van der Waals surface area contributed by atoms with Crippen LogP contribution in [0.2, 0.25) is 5.02 Å². The minimum atomic E-state index is -0.497. The number of hydrogen-bond acceptors (Lipinski definition) is 1. The molecule has 0 aromatic heterocycles. The highest BCUT2D eigenvalue weighted by molar-refractivity contribution is 6.33. The molecule has 4 heteroatoms. The fourth-order valence-electron chi connectivity index (χ4n) is 1.58. The van der Waals surface area contributed by atoms with Crippen LogP contribution < -0.4 is 0 Å². The molecule has 0 unspecified atom stereocenters. The third-order valence-electron chi connectivity index (χ3n) is 2.46. The Labute approximate surface area is 102 Å². The van der Waals surface area contributed by atoms with Crippen molar-refractivity contribution in [3.05, 3.63) is 58.6 Å². The van der Waals surface area contributed by atoms with E-state index in [0.717, 1.165) is 0 Å². The molecule has 0 atom stereocenters. The van der Waals surface area contributed by atoms with E-state index in [0.29, 0.717) is 16.1 Å². The lowest BCUT2D eigenvalue weighted by Crippen LogP contribution is -1.91. The summed E-state index contributed by atoms with van der Waals surface area (Å²) in [6.45, 7) is -0.410. The van der Waals surface area contributed by atoms with Crippen LogP contribution in [0.4, 0.5) is 8.78 Å². The van der Waals surface area contributed by atoms with Gasteiger partial charge in [0.15, 0.2) is 0 Å². The van der Waals surface area contributed by atoms with Gasteiger partial charge in [-0.2, -0.15) is 0 Å². The summed E-state index contributed by atoms with van der Waals surface area (Å²) in [6.07, 6.45) is 0. The quantitative estimate of drug-likeness (QED) is 0.865. The average Bonchev–Trinajstić information content (AvgIpc) is 2.33. The lowest BCUT2D eigenvalue weighted by atomic mass is 10.0. The van der Waals surface area contributed by atoms with E-state index in [2.05, 4.69) is 0 Å². The van der Waals surface area contributed by atoms with Crippen molar-refractivity contribution in [2.45, 2.75) is 6.61 Å². The molecule has 2 aromatic carbocycles. The monoisotopic (exact) mass is 254 g/mol. The van der Waals surface area contributed by atoms with Crippen LogP contribution in [-0.4, -0.2) is 5.11 Å². The van der Waals surface area contributed by atoms with Gasteiger partial charge in [0.05, 0.1) is 6.61 Å². The molecule has 0 saturated carbocycles. The summed E-state index contributed by atoms with van der Waals surface area (Å²) in [4.78, 5) is 0. The zero-order valence-electron chi connectivity index (χ0n) is 8.75. The first-order chi connectivity index (χ1) is 8.11. The van der Waals surface area contributed by atoms with Crippen LogP contribution >= 0.6 is 11.6 Å². The number of aliphatic hydroxyl groups is 1.